The van der Waals surface area contributed by atoms with E-state index in [2.05, 4.69) is 38.4 Å². The molecule has 134 valence electrons. The Hall–Kier alpha value is -2.93. The minimum absolute atomic E-state index is 0.216. The molecule has 2 amide bonds. The highest BCUT2D eigenvalue weighted by Gasteiger charge is 2.10. The van der Waals surface area contributed by atoms with Gasteiger partial charge in [0.25, 0.3) is 0 Å². The molecule has 26 heavy (non-hydrogen) atoms. The van der Waals surface area contributed by atoms with E-state index in [1.807, 2.05) is 36.4 Å². The average molecular weight is 416 g/mol. The molecule has 0 spiro atoms. The Morgan fingerprint density at radius 1 is 1.15 bits per heavy atom. The molecule has 0 aliphatic heterocycles. The highest BCUT2D eigenvalue weighted by atomic mass is 79.9. The van der Waals surface area contributed by atoms with E-state index in [0.717, 1.165) is 15.6 Å². The maximum Gasteiger partial charge on any atom is 0.329 e. The SMILES string of the molecule is C=CCNC(=O)C(=O)N/N=C\c1cccc(OCc2ccc(Br)cc2)c1. The van der Waals surface area contributed by atoms with Gasteiger partial charge in [-0.2, -0.15) is 5.10 Å². The highest BCUT2D eigenvalue weighted by Crippen LogP contribution is 2.16. The number of nitrogens with one attached hydrogen (secondary N) is 2. The van der Waals surface area contributed by atoms with Gasteiger partial charge in [-0.1, -0.05) is 46.3 Å². The van der Waals surface area contributed by atoms with Crippen molar-refractivity contribution in [2.75, 3.05) is 6.54 Å². The van der Waals surface area contributed by atoms with E-state index in [4.69, 9.17) is 4.74 Å². The second kappa shape index (κ2) is 10.1. The normalized spacial score (nSPS) is 10.3. The number of rotatable bonds is 7. The first-order valence-corrected chi connectivity index (χ1v) is 8.57. The number of ether oxygens (including phenoxy) is 1. The number of halogens is 1. The van der Waals surface area contributed by atoms with Crippen LogP contribution in [0.3, 0.4) is 0 Å². The topological polar surface area (TPSA) is 79.8 Å². The molecule has 0 saturated carbocycles. The van der Waals surface area contributed by atoms with Gasteiger partial charge < -0.3 is 10.1 Å². The average Bonchev–Trinajstić information content (AvgIpc) is 2.66. The first-order chi connectivity index (χ1) is 12.6. The smallest absolute Gasteiger partial charge is 0.329 e. The summed E-state index contributed by atoms with van der Waals surface area (Å²) in [6.45, 7) is 4.10. The number of hydrogen-bond donors (Lipinski definition) is 2. The van der Waals surface area contributed by atoms with Crippen molar-refractivity contribution in [3.8, 4) is 5.75 Å². The summed E-state index contributed by atoms with van der Waals surface area (Å²) in [4.78, 5) is 22.9. The molecule has 0 heterocycles. The molecule has 0 unspecified atom stereocenters. The third-order valence-electron chi connectivity index (χ3n) is 3.17. The third kappa shape index (κ3) is 6.52. The minimum atomic E-state index is -0.842. The summed E-state index contributed by atoms with van der Waals surface area (Å²) in [5.41, 5.74) is 3.93. The van der Waals surface area contributed by atoms with Gasteiger partial charge in [-0.25, -0.2) is 5.43 Å². The molecule has 0 bridgehead atoms. The van der Waals surface area contributed by atoms with Crippen LogP contribution in [-0.4, -0.2) is 24.6 Å². The zero-order valence-electron chi connectivity index (χ0n) is 13.9. The summed E-state index contributed by atoms with van der Waals surface area (Å²) in [5, 5.41) is 6.13. The first kappa shape index (κ1) is 19.4. The van der Waals surface area contributed by atoms with E-state index < -0.39 is 11.8 Å². The van der Waals surface area contributed by atoms with Crippen LogP contribution in [-0.2, 0) is 16.2 Å². The Balaban J connectivity index is 1.87. The quantitative estimate of drug-likeness (QED) is 0.315. The molecule has 0 aliphatic rings. The number of hydrogen-bond acceptors (Lipinski definition) is 4. The van der Waals surface area contributed by atoms with E-state index >= 15 is 0 Å². The van der Waals surface area contributed by atoms with Gasteiger partial charge in [-0.3, -0.25) is 9.59 Å². The number of amides is 2. The Kier molecular flexibility index (Phi) is 7.57. The van der Waals surface area contributed by atoms with Crippen LogP contribution in [0.5, 0.6) is 5.75 Å². The lowest BCUT2D eigenvalue weighted by atomic mass is 10.2. The van der Waals surface area contributed by atoms with Gasteiger partial charge in [0.15, 0.2) is 0 Å². The Morgan fingerprint density at radius 3 is 2.65 bits per heavy atom. The van der Waals surface area contributed by atoms with Crippen LogP contribution >= 0.6 is 15.9 Å². The van der Waals surface area contributed by atoms with E-state index in [-0.39, 0.29) is 6.54 Å². The summed E-state index contributed by atoms with van der Waals surface area (Å²) in [7, 11) is 0. The Labute approximate surface area is 160 Å². The van der Waals surface area contributed by atoms with E-state index in [1.54, 1.807) is 12.1 Å². The lowest BCUT2D eigenvalue weighted by molar-refractivity contribution is -0.139. The Bertz CT molecular complexity index is 804. The molecule has 0 saturated heterocycles. The van der Waals surface area contributed by atoms with Crippen molar-refractivity contribution >= 4 is 34.0 Å². The first-order valence-electron chi connectivity index (χ1n) is 7.78. The van der Waals surface area contributed by atoms with Gasteiger partial charge in [-0.05, 0) is 35.4 Å². The number of hydrazone groups is 1. The van der Waals surface area contributed by atoms with Crippen LogP contribution in [0.15, 0.2) is 70.8 Å². The molecule has 2 rings (SSSR count). The van der Waals surface area contributed by atoms with Crippen LogP contribution in [0, 0.1) is 0 Å². The van der Waals surface area contributed by atoms with E-state index in [9.17, 15) is 9.59 Å². The van der Waals surface area contributed by atoms with Gasteiger partial charge in [0.05, 0.1) is 6.21 Å². The maximum atomic E-state index is 11.5. The lowest BCUT2D eigenvalue weighted by Gasteiger charge is -2.07. The van der Waals surface area contributed by atoms with Crippen molar-refractivity contribution in [2.45, 2.75) is 6.61 Å². The fourth-order valence-corrected chi connectivity index (χ4v) is 2.16. The van der Waals surface area contributed by atoms with Crippen LogP contribution in [0.1, 0.15) is 11.1 Å². The predicted octanol–water partition coefficient (Wildman–Crippen LogP) is 2.78. The number of nitrogens with zero attached hydrogens (tertiary/aromatic N) is 1. The van der Waals surface area contributed by atoms with Crippen molar-refractivity contribution in [1.82, 2.24) is 10.7 Å². The Morgan fingerprint density at radius 2 is 1.92 bits per heavy atom. The zero-order chi connectivity index (χ0) is 18.8. The second-order valence-corrected chi connectivity index (χ2v) is 6.10. The van der Waals surface area contributed by atoms with Crippen molar-refractivity contribution < 1.29 is 14.3 Å². The largest absolute Gasteiger partial charge is 0.489 e. The summed E-state index contributed by atoms with van der Waals surface area (Å²) >= 11 is 3.39. The number of benzene rings is 2. The molecule has 2 aromatic carbocycles. The molecule has 7 heteroatoms. The molecule has 0 radical (unpaired) electrons. The van der Waals surface area contributed by atoms with E-state index in [1.165, 1.54) is 12.3 Å². The lowest BCUT2D eigenvalue weighted by Crippen LogP contribution is -2.37. The molecule has 2 N–H and O–H groups in total. The monoisotopic (exact) mass is 415 g/mol. The highest BCUT2D eigenvalue weighted by molar-refractivity contribution is 9.10. The fourth-order valence-electron chi connectivity index (χ4n) is 1.89. The molecule has 2 aromatic rings. The van der Waals surface area contributed by atoms with Crippen molar-refractivity contribution in [1.29, 1.82) is 0 Å². The summed E-state index contributed by atoms with van der Waals surface area (Å²) in [5.74, 6) is -0.939. The predicted molar refractivity (Wildman–Crippen MR) is 104 cm³/mol. The van der Waals surface area contributed by atoms with Crippen LogP contribution < -0.4 is 15.5 Å². The van der Waals surface area contributed by atoms with Crippen molar-refractivity contribution in [2.24, 2.45) is 5.10 Å². The van der Waals surface area contributed by atoms with E-state index in [0.29, 0.717) is 12.4 Å². The standard InChI is InChI=1S/C19H18BrN3O3/c1-2-10-21-18(24)19(25)23-22-12-15-4-3-5-17(11-15)26-13-14-6-8-16(20)9-7-14/h2-9,11-12H,1,10,13H2,(H,21,24)(H,23,25)/b22-12-. The molecule has 0 atom stereocenters. The maximum absolute atomic E-state index is 11.5. The minimum Gasteiger partial charge on any atom is -0.489 e. The number of carbonyl (C=O) groups is 2. The van der Waals surface area contributed by atoms with Crippen molar-refractivity contribution in [3.63, 3.8) is 0 Å². The summed E-state index contributed by atoms with van der Waals surface area (Å²) in [6, 6.07) is 15.1. The van der Waals surface area contributed by atoms with Crippen molar-refractivity contribution in [3.05, 3.63) is 76.8 Å². The molecule has 0 aromatic heterocycles. The molecular formula is C19H18BrN3O3. The van der Waals surface area contributed by atoms with Gasteiger partial charge in [0.2, 0.25) is 0 Å². The van der Waals surface area contributed by atoms with Crippen LogP contribution in [0.4, 0.5) is 0 Å². The summed E-state index contributed by atoms with van der Waals surface area (Å²) in [6.07, 6.45) is 2.92. The molecule has 6 nitrogen and oxygen atoms in total. The van der Waals surface area contributed by atoms with Gasteiger partial charge in [-0.15, -0.1) is 6.58 Å². The zero-order valence-corrected chi connectivity index (χ0v) is 15.5. The van der Waals surface area contributed by atoms with Crippen LogP contribution in [0.25, 0.3) is 0 Å². The summed E-state index contributed by atoms with van der Waals surface area (Å²) < 4.78 is 6.76. The van der Waals surface area contributed by atoms with Gasteiger partial charge in [0, 0.05) is 11.0 Å². The fraction of sp³-hybridized carbons (Fsp3) is 0.105. The number of carbonyl (C=O) groups excluding carboxylic acids is 2. The third-order valence-corrected chi connectivity index (χ3v) is 3.70. The molecular weight excluding hydrogens is 398 g/mol. The molecule has 0 aliphatic carbocycles. The van der Waals surface area contributed by atoms with Crippen LogP contribution in [0.2, 0.25) is 0 Å². The van der Waals surface area contributed by atoms with Gasteiger partial charge in [0.1, 0.15) is 12.4 Å². The molecule has 0 fully saturated rings. The van der Waals surface area contributed by atoms with Gasteiger partial charge >= 0.3 is 11.8 Å². The second-order valence-electron chi connectivity index (χ2n) is 5.19.